The molecule has 0 unspecified atom stereocenters. The molecule has 1 aliphatic heterocycles. The van der Waals surface area contributed by atoms with Gasteiger partial charge in [-0.3, -0.25) is 13.9 Å². The van der Waals surface area contributed by atoms with Crippen LogP contribution in [0.1, 0.15) is 43.4 Å². The molecule has 234 valence electrons. The lowest BCUT2D eigenvalue weighted by molar-refractivity contribution is -0.142. The van der Waals surface area contributed by atoms with Crippen LogP contribution in [0.4, 0.5) is 10.1 Å². The molecule has 0 saturated heterocycles. The van der Waals surface area contributed by atoms with Crippen molar-refractivity contribution in [2.45, 2.75) is 44.6 Å². The van der Waals surface area contributed by atoms with Crippen molar-refractivity contribution in [2.75, 3.05) is 31.2 Å². The van der Waals surface area contributed by atoms with E-state index in [1.165, 1.54) is 42.7 Å². The number of ether oxygens (including phenoxy) is 4. The molecule has 10 nitrogen and oxygen atoms in total. The molecule has 0 bridgehead atoms. The Bertz CT molecular complexity index is 1680. The van der Waals surface area contributed by atoms with Crippen molar-refractivity contribution >= 4 is 50.9 Å². The van der Waals surface area contributed by atoms with Crippen LogP contribution < -0.4 is 13.8 Å². The molecule has 0 amide bonds. The summed E-state index contributed by atoms with van der Waals surface area (Å²) in [6.07, 6.45) is 2.69. The van der Waals surface area contributed by atoms with Gasteiger partial charge in [0.1, 0.15) is 35.8 Å². The van der Waals surface area contributed by atoms with Gasteiger partial charge in [-0.1, -0.05) is 29.8 Å². The molecule has 0 spiro atoms. The second-order valence-corrected chi connectivity index (χ2v) is 12.3. The topological polar surface area (TPSA) is 121 Å². The van der Waals surface area contributed by atoms with E-state index in [9.17, 15) is 22.4 Å². The lowest BCUT2D eigenvalue weighted by Crippen LogP contribution is -2.44. The Morgan fingerprint density at radius 2 is 1.95 bits per heavy atom. The SMILES string of the molecule is COC(=O)CC[C@H]1CN(S(=O)(=O)c2cc(C)cnc2OCCOC(C)=O)c2cc(/C=C(\C)c3c(F)cccc3Cl)ccc2O1. The molecule has 2 heterocycles. The van der Waals surface area contributed by atoms with Crippen molar-refractivity contribution in [3.8, 4) is 11.6 Å². The van der Waals surface area contributed by atoms with Crippen LogP contribution in [0.3, 0.4) is 0 Å². The maximum Gasteiger partial charge on any atom is 0.305 e. The van der Waals surface area contributed by atoms with E-state index < -0.39 is 33.9 Å². The summed E-state index contributed by atoms with van der Waals surface area (Å²) in [6.45, 7) is 4.31. The summed E-state index contributed by atoms with van der Waals surface area (Å²) in [4.78, 5) is 27.0. The Morgan fingerprint density at radius 3 is 2.66 bits per heavy atom. The van der Waals surface area contributed by atoms with Gasteiger partial charge in [0.25, 0.3) is 10.0 Å². The third-order valence-electron chi connectivity index (χ3n) is 6.70. The predicted molar refractivity (Wildman–Crippen MR) is 163 cm³/mol. The molecule has 1 aliphatic rings. The van der Waals surface area contributed by atoms with Gasteiger partial charge in [-0.2, -0.15) is 0 Å². The number of rotatable bonds is 11. The highest BCUT2D eigenvalue weighted by molar-refractivity contribution is 7.93. The van der Waals surface area contributed by atoms with E-state index in [0.717, 1.165) is 0 Å². The molecule has 44 heavy (non-hydrogen) atoms. The number of hydrogen-bond acceptors (Lipinski definition) is 9. The molecule has 0 aliphatic carbocycles. The number of halogens is 2. The fourth-order valence-electron chi connectivity index (χ4n) is 4.64. The molecule has 0 fully saturated rings. The average Bonchev–Trinajstić information content (AvgIpc) is 2.98. The Kier molecular flexibility index (Phi) is 10.5. The Labute approximate surface area is 260 Å². The highest BCUT2D eigenvalue weighted by atomic mass is 35.5. The van der Waals surface area contributed by atoms with Gasteiger partial charge in [0.15, 0.2) is 0 Å². The largest absolute Gasteiger partial charge is 0.486 e. The van der Waals surface area contributed by atoms with E-state index in [1.807, 2.05) is 0 Å². The summed E-state index contributed by atoms with van der Waals surface area (Å²) in [5.74, 6) is -1.34. The zero-order valence-corrected chi connectivity index (χ0v) is 26.2. The monoisotopic (exact) mass is 646 g/mol. The smallest absolute Gasteiger partial charge is 0.305 e. The quantitative estimate of drug-likeness (QED) is 0.149. The number of anilines is 1. The summed E-state index contributed by atoms with van der Waals surface area (Å²) in [7, 11) is -3.06. The predicted octanol–water partition coefficient (Wildman–Crippen LogP) is 5.59. The number of aryl methyl sites for hydroxylation is 1. The number of carbonyl (C=O) groups excluding carboxylic acids is 2. The molecule has 1 aromatic heterocycles. The number of benzene rings is 2. The number of methoxy groups -OCH3 is 1. The van der Waals surface area contributed by atoms with Gasteiger partial charge in [-0.05, 0) is 67.3 Å². The van der Waals surface area contributed by atoms with E-state index in [0.29, 0.717) is 16.7 Å². The molecular formula is C31H32ClFN2O8S. The number of fused-ring (bicyclic) bond motifs is 1. The van der Waals surface area contributed by atoms with Crippen LogP contribution in [-0.2, 0) is 29.1 Å². The number of nitrogens with zero attached hydrogens (tertiary/aromatic N) is 2. The van der Waals surface area contributed by atoms with E-state index in [2.05, 4.69) is 4.98 Å². The number of allylic oxidation sites excluding steroid dienone is 1. The van der Waals surface area contributed by atoms with Crippen molar-refractivity contribution in [3.05, 3.63) is 76.2 Å². The lowest BCUT2D eigenvalue weighted by Gasteiger charge is -2.36. The van der Waals surface area contributed by atoms with E-state index in [4.69, 9.17) is 30.5 Å². The second-order valence-electron chi connectivity index (χ2n) is 10.0. The Balaban J connectivity index is 1.77. The zero-order chi connectivity index (χ0) is 32.0. The van der Waals surface area contributed by atoms with Crippen molar-refractivity contribution in [3.63, 3.8) is 0 Å². The summed E-state index contributed by atoms with van der Waals surface area (Å²) in [5, 5.41) is 0.242. The maximum absolute atomic E-state index is 14.6. The molecule has 13 heteroatoms. The maximum atomic E-state index is 14.6. The Hall–Kier alpha value is -4.16. The molecular weight excluding hydrogens is 615 g/mol. The summed E-state index contributed by atoms with van der Waals surface area (Å²) < 4.78 is 65.8. The first-order valence-electron chi connectivity index (χ1n) is 13.7. The molecule has 0 radical (unpaired) electrons. The third kappa shape index (κ3) is 7.67. The van der Waals surface area contributed by atoms with Crippen molar-refractivity contribution in [2.24, 2.45) is 0 Å². The van der Waals surface area contributed by atoms with Crippen LogP contribution >= 0.6 is 11.6 Å². The van der Waals surface area contributed by atoms with Gasteiger partial charge in [-0.15, -0.1) is 0 Å². The minimum absolute atomic E-state index is 0.0182. The standard InChI is InChI=1S/C31H32ClFN2O8S/c1-19-14-28(31(34-17-19)42-13-12-41-21(3)36)44(38,39)35-18-23(9-11-29(37)40-4)43-27-10-8-22(16-26(27)35)15-20(2)30-24(32)6-5-7-25(30)33/h5-8,10,14-17,23H,9,11-13,18H2,1-4H3/b20-15+/t23-/m0/s1. The first-order chi connectivity index (χ1) is 20.9. The molecule has 3 aromatic rings. The fraction of sp³-hybridized carbons (Fsp3) is 0.323. The molecule has 4 rings (SSSR count). The normalized spacial score (nSPS) is 14.8. The molecule has 1 atom stereocenters. The minimum Gasteiger partial charge on any atom is -0.486 e. The van der Waals surface area contributed by atoms with E-state index in [1.54, 1.807) is 44.2 Å². The van der Waals surface area contributed by atoms with Crippen LogP contribution in [0.5, 0.6) is 11.6 Å². The second kappa shape index (κ2) is 14.1. The van der Waals surface area contributed by atoms with Crippen molar-refractivity contribution in [1.29, 1.82) is 0 Å². The fourth-order valence-corrected chi connectivity index (χ4v) is 6.62. The Morgan fingerprint density at radius 1 is 1.18 bits per heavy atom. The summed E-state index contributed by atoms with van der Waals surface area (Å²) in [6, 6.07) is 10.8. The zero-order valence-electron chi connectivity index (χ0n) is 24.6. The van der Waals surface area contributed by atoms with Crippen molar-refractivity contribution in [1.82, 2.24) is 4.98 Å². The number of aromatic nitrogens is 1. The van der Waals surface area contributed by atoms with Gasteiger partial charge in [0, 0.05) is 25.1 Å². The van der Waals surface area contributed by atoms with Gasteiger partial charge in [0.2, 0.25) is 5.88 Å². The van der Waals surface area contributed by atoms with Crippen LogP contribution in [0, 0.1) is 12.7 Å². The number of esters is 2. The van der Waals surface area contributed by atoms with E-state index in [-0.39, 0.29) is 65.4 Å². The van der Waals surface area contributed by atoms with Gasteiger partial charge in [-0.25, -0.2) is 17.8 Å². The third-order valence-corrected chi connectivity index (χ3v) is 8.79. The highest BCUT2D eigenvalue weighted by Crippen LogP contribution is 2.41. The summed E-state index contributed by atoms with van der Waals surface area (Å²) >= 11 is 6.26. The highest BCUT2D eigenvalue weighted by Gasteiger charge is 2.37. The van der Waals surface area contributed by atoms with Crippen LogP contribution in [-0.4, -0.2) is 58.3 Å². The van der Waals surface area contributed by atoms with Crippen LogP contribution in [0.2, 0.25) is 5.02 Å². The number of sulfonamides is 1. The number of pyridine rings is 1. The number of carbonyl (C=O) groups is 2. The van der Waals surface area contributed by atoms with Gasteiger partial charge >= 0.3 is 11.9 Å². The molecule has 2 aromatic carbocycles. The van der Waals surface area contributed by atoms with Gasteiger partial charge in [0.05, 0.1) is 24.4 Å². The lowest BCUT2D eigenvalue weighted by atomic mass is 10.0. The first kappa shape index (κ1) is 32.7. The van der Waals surface area contributed by atoms with Gasteiger partial charge < -0.3 is 18.9 Å². The minimum atomic E-state index is -4.33. The number of hydrogen-bond donors (Lipinski definition) is 0. The molecule has 0 saturated carbocycles. The summed E-state index contributed by atoms with van der Waals surface area (Å²) in [5.41, 5.74) is 2.13. The van der Waals surface area contributed by atoms with Crippen LogP contribution in [0.15, 0.2) is 53.6 Å². The molecule has 0 N–H and O–H groups in total. The van der Waals surface area contributed by atoms with Crippen molar-refractivity contribution < 1.29 is 41.3 Å². The average molecular weight is 647 g/mol. The van der Waals surface area contributed by atoms with E-state index >= 15 is 0 Å². The van der Waals surface area contributed by atoms with Crippen LogP contribution in [0.25, 0.3) is 11.6 Å². The first-order valence-corrected chi connectivity index (χ1v) is 15.5.